The van der Waals surface area contributed by atoms with E-state index in [9.17, 15) is 0 Å². The number of thiophene rings is 1. The van der Waals surface area contributed by atoms with Crippen LogP contribution in [0, 0.1) is 0 Å². The van der Waals surface area contributed by atoms with Gasteiger partial charge in [0.25, 0.3) is 0 Å². The first-order chi connectivity index (χ1) is 22.3. The molecule has 0 saturated carbocycles. The van der Waals surface area contributed by atoms with Gasteiger partial charge in [-0.15, -0.1) is 11.3 Å². The van der Waals surface area contributed by atoms with E-state index in [1.165, 1.54) is 81.8 Å². The molecule has 1 unspecified atom stereocenters. The van der Waals surface area contributed by atoms with E-state index in [1.807, 2.05) is 11.3 Å². The van der Waals surface area contributed by atoms with Gasteiger partial charge in [-0.1, -0.05) is 72.8 Å². The van der Waals surface area contributed by atoms with Crippen LogP contribution in [0.4, 0.5) is 5.69 Å². The first kappa shape index (κ1) is 25.5. The van der Waals surface area contributed by atoms with Crippen LogP contribution in [0.15, 0.2) is 114 Å². The summed E-state index contributed by atoms with van der Waals surface area (Å²) in [5.41, 5.74) is 13.7. The Bertz CT molecular complexity index is 2360. The minimum absolute atomic E-state index is 0.0180. The number of aryl methyl sites for hydroxylation is 1. The zero-order chi connectivity index (χ0) is 29.5. The van der Waals surface area contributed by atoms with Crippen molar-refractivity contribution >= 4 is 61.1 Å². The number of hydrogen-bond acceptors (Lipinski definition) is 3. The molecule has 1 aliphatic heterocycles. The Morgan fingerprint density at radius 2 is 1.36 bits per heavy atom. The van der Waals surface area contributed by atoms with E-state index >= 15 is 0 Å². The van der Waals surface area contributed by atoms with E-state index in [2.05, 4.69) is 135 Å². The average molecular weight is 601 g/mol. The van der Waals surface area contributed by atoms with Crippen molar-refractivity contribution in [1.82, 2.24) is 14.5 Å². The molecule has 218 valence electrons. The molecule has 10 rings (SSSR count). The summed E-state index contributed by atoms with van der Waals surface area (Å²) in [6, 6.07) is 37.5. The summed E-state index contributed by atoms with van der Waals surface area (Å²) < 4.78 is 6.35. The Morgan fingerprint density at radius 3 is 2.24 bits per heavy atom. The molecule has 4 heterocycles. The molecule has 2 N–H and O–H groups in total. The molecule has 0 fully saturated rings. The zero-order valence-electron chi connectivity index (χ0n) is 24.9. The minimum atomic E-state index is -0.0180. The highest BCUT2D eigenvalue weighted by molar-refractivity contribution is 7.19. The van der Waals surface area contributed by atoms with Crippen LogP contribution in [0.2, 0.25) is 0 Å². The van der Waals surface area contributed by atoms with Gasteiger partial charge in [0.2, 0.25) is 0 Å². The van der Waals surface area contributed by atoms with Gasteiger partial charge in [-0.3, -0.25) is 5.32 Å². The number of benzene rings is 4. The van der Waals surface area contributed by atoms with Crippen LogP contribution in [0.1, 0.15) is 46.5 Å². The first-order valence-corrected chi connectivity index (χ1v) is 16.8. The average Bonchev–Trinajstić information content (AvgIpc) is 3.75. The number of para-hydroxylation sites is 3. The van der Waals surface area contributed by atoms with E-state index in [1.54, 1.807) is 0 Å². The van der Waals surface area contributed by atoms with E-state index in [-0.39, 0.29) is 6.29 Å². The van der Waals surface area contributed by atoms with E-state index in [0.717, 1.165) is 32.2 Å². The van der Waals surface area contributed by atoms with Crippen LogP contribution in [-0.4, -0.2) is 9.13 Å². The standard InChI is InChI=1S/C40H32N4S/c1-2-10-27(11-3-1)43-33-15-7-5-13-29(33)32-22-25(19-21-35(32)43)26-18-20-30-28-12-4-8-16-34(28)44(36(30)23-26)40-41-24-38-39(42-40)31-14-6-9-17-37(31)45-38/h1-17,22-23,40-42H,18-21,24H2. The lowest BCUT2D eigenvalue weighted by Gasteiger charge is -2.30. The van der Waals surface area contributed by atoms with Crippen molar-refractivity contribution in [2.75, 3.05) is 5.32 Å². The normalized spacial score (nSPS) is 17.5. The van der Waals surface area contributed by atoms with Gasteiger partial charge in [0.15, 0.2) is 6.29 Å². The zero-order valence-corrected chi connectivity index (χ0v) is 25.7. The van der Waals surface area contributed by atoms with Crippen molar-refractivity contribution < 1.29 is 0 Å². The number of allylic oxidation sites excluding steroid dienone is 2. The fourth-order valence-corrected chi connectivity index (χ4v) is 9.18. The molecule has 0 saturated heterocycles. The first-order valence-electron chi connectivity index (χ1n) is 16.0. The van der Waals surface area contributed by atoms with Gasteiger partial charge >= 0.3 is 0 Å². The topological polar surface area (TPSA) is 33.9 Å². The number of aromatic nitrogens is 2. The lowest BCUT2D eigenvalue weighted by Crippen LogP contribution is -2.36. The monoisotopic (exact) mass is 600 g/mol. The molecule has 45 heavy (non-hydrogen) atoms. The molecular formula is C40H32N4S. The minimum Gasteiger partial charge on any atom is -0.351 e. The van der Waals surface area contributed by atoms with Crippen molar-refractivity contribution in [3.05, 3.63) is 142 Å². The number of fused-ring (bicyclic) bond motifs is 9. The molecule has 4 aromatic carbocycles. The van der Waals surface area contributed by atoms with Gasteiger partial charge in [0.1, 0.15) is 0 Å². The molecule has 0 radical (unpaired) electrons. The second-order valence-corrected chi connectivity index (χ2v) is 13.6. The Labute approximate surface area is 265 Å². The molecule has 5 heteroatoms. The molecule has 0 bridgehead atoms. The van der Waals surface area contributed by atoms with Gasteiger partial charge in [-0.2, -0.15) is 0 Å². The largest absolute Gasteiger partial charge is 0.351 e. The third-order valence-corrected chi connectivity index (χ3v) is 11.2. The quantitative estimate of drug-likeness (QED) is 0.212. The summed E-state index contributed by atoms with van der Waals surface area (Å²) in [6.45, 7) is 0.865. The number of nitrogens with one attached hydrogen (secondary N) is 2. The van der Waals surface area contributed by atoms with Gasteiger partial charge in [-0.25, -0.2) is 0 Å². The summed E-state index contributed by atoms with van der Waals surface area (Å²) in [5, 5.41) is 11.8. The molecule has 3 aromatic heterocycles. The van der Waals surface area contributed by atoms with Crippen molar-refractivity contribution in [2.24, 2.45) is 0 Å². The van der Waals surface area contributed by atoms with E-state index in [0.29, 0.717) is 0 Å². The van der Waals surface area contributed by atoms with Gasteiger partial charge in [0, 0.05) is 54.9 Å². The number of rotatable bonds is 3. The SMILES string of the molecule is C1=C(C2=Cc3c(n(-c4ccccc4)c4ccccc34)CC2)CCc2c1n(C1NCc3sc4ccccc4c3N1)c1ccccc21. The molecule has 2 aliphatic carbocycles. The van der Waals surface area contributed by atoms with E-state index in [4.69, 9.17) is 0 Å². The van der Waals surface area contributed by atoms with Gasteiger partial charge < -0.3 is 14.5 Å². The molecule has 3 aliphatic rings. The molecule has 1 atom stereocenters. The Balaban J connectivity index is 1.10. The molecule has 0 amide bonds. The van der Waals surface area contributed by atoms with Crippen LogP contribution in [0.25, 0.3) is 49.7 Å². The fourth-order valence-electron chi connectivity index (χ4n) is 8.06. The van der Waals surface area contributed by atoms with Crippen LogP contribution in [0.5, 0.6) is 0 Å². The summed E-state index contributed by atoms with van der Waals surface area (Å²) in [5.74, 6) is 0. The van der Waals surface area contributed by atoms with Gasteiger partial charge in [-0.05, 0) is 84.9 Å². The highest BCUT2D eigenvalue weighted by atomic mass is 32.1. The highest BCUT2D eigenvalue weighted by Crippen LogP contribution is 2.44. The number of nitrogens with zero attached hydrogens (tertiary/aromatic N) is 2. The molecular weight excluding hydrogens is 569 g/mol. The summed E-state index contributed by atoms with van der Waals surface area (Å²) in [6.07, 6.45) is 9.23. The molecule has 0 spiro atoms. The van der Waals surface area contributed by atoms with Crippen LogP contribution in [0.3, 0.4) is 0 Å². The summed E-state index contributed by atoms with van der Waals surface area (Å²) in [7, 11) is 0. The number of anilines is 1. The Morgan fingerprint density at radius 1 is 0.644 bits per heavy atom. The van der Waals surface area contributed by atoms with Crippen molar-refractivity contribution in [2.45, 2.75) is 38.5 Å². The Hall–Kier alpha value is -4.84. The molecule has 4 nitrogen and oxygen atoms in total. The third-order valence-electron chi connectivity index (χ3n) is 10.1. The Kier molecular flexibility index (Phi) is 5.57. The van der Waals surface area contributed by atoms with Crippen LogP contribution >= 0.6 is 11.3 Å². The second-order valence-electron chi connectivity index (χ2n) is 12.5. The summed E-state index contributed by atoms with van der Waals surface area (Å²) in [4.78, 5) is 1.38. The predicted octanol–water partition coefficient (Wildman–Crippen LogP) is 9.83. The third kappa shape index (κ3) is 3.81. The fraction of sp³-hybridized carbons (Fsp3) is 0.150. The lowest BCUT2D eigenvalue weighted by atomic mass is 9.85. The maximum atomic E-state index is 3.93. The second kappa shape index (κ2) is 9.83. The highest BCUT2D eigenvalue weighted by Gasteiger charge is 2.30. The van der Waals surface area contributed by atoms with Crippen molar-refractivity contribution in [3.63, 3.8) is 0 Å². The van der Waals surface area contributed by atoms with Crippen molar-refractivity contribution in [3.8, 4) is 5.69 Å². The van der Waals surface area contributed by atoms with E-state index < -0.39 is 0 Å². The maximum absolute atomic E-state index is 3.93. The number of hydrogen-bond donors (Lipinski definition) is 2. The predicted molar refractivity (Wildman–Crippen MR) is 189 cm³/mol. The molecule has 7 aromatic rings. The van der Waals surface area contributed by atoms with Crippen LogP contribution in [-0.2, 0) is 19.4 Å². The van der Waals surface area contributed by atoms with Crippen molar-refractivity contribution in [1.29, 1.82) is 0 Å². The van der Waals surface area contributed by atoms with Gasteiger partial charge in [0.05, 0.1) is 16.7 Å². The maximum Gasteiger partial charge on any atom is 0.160 e. The summed E-state index contributed by atoms with van der Waals surface area (Å²) >= 11 is 1.89. The lowest BCUT2D eigenvalue weighted by molar-refractivity contribution is 0.446. The smallest absolute Gasteiger partial charge is 0.160 e. The van der Waals surface area contributed by atoms with Crippen LogP contribution < -0.4 is 10.6 Å².